The highest BCUT2D eigenvalue weighted by atomic mass is 32.2. The lowest BCUT2D eigenvalue weighted by molar-refractivity contribution is 0.502. The maximum Gasteiger partial charge on any atom is 0.214 e. The Kier molecular flexibility index (Phi) is 4.38. The summed E-state index contributed by atoms with van der Waals surface area (Å²) in [6.07, 6.45) is 0. The summed E-state index contributed by atoms with van der Waals surface area (Å²) in [5, 5.41) is 12.1. The minimum absolute atomic E-state index is 0.245. The van der Waals surface area contributed by atoms with Crippen molar-refractivity contribution in [2.24, 2.45) is 0 Å². The first-order valence-electron chi connectivity index (χ1n) is 6.98. The van der Waals surface area contributed by atoms with Crippen molar-refractivity contribution in [1.82, 2.24) is 20.2 Å². The number of hydrogen-bond acceptors (Lipinski definition) is 4. The molecule has 0 saturated heterocycles. The van der Waals surface area contributed by atoms with Crippen molar-refractivity contribution in [1.29, 1.82) is 0 Å². The molecule has 0 atom stereocenters. The van der Waals surface area contributed by atoms with E-state index >= 15 is 0 Å². The monoisotopic (exact) mass is 332 g/mol. The third-order valence-corrected chi connectivity index (χ3v) is 4.53. The van der Waals surface area contributed by atoms with Crippen LogP contribution < -0.4 is 0 Å². The van der Waals surface area contributed by atoms with Crippen LogP contribution in [0, 0.1) is 25.5 Å². The van der Waals surface area contributed by atoms with Gasteiger partial charge < -0.3 is 0 Å². The number of rotatable bonds is 4. The van der Waals surface area contributed by atoms with Gasteiger partial charge in [-0.15, -0.1) is 5.10 Å². The average molecular weight is 332 g/mol. The first kappa shape index (κ1) is 15.6. The van der Waals surface area contributed by atoms with Crippen molar-refractivity contribution in [3.8, 4) is 5.69 Å². The highest BCUT2D eigenvalue weighted by Crippen LogP contribution is 2.25. The second kappa shape index (κ2) is 6.45. The van der Waals surface area contributed by atoms with E-state index in [2.05, 4.69) is 15.5 Å². The summed E-state index contributed by atoms with van der Waals surface area (Å²) >= 11 is 1.25. The van der Waals surface area contributed by atoms with Crippen molar-refractivity contribution in [2.75, 3.05) is 0 Å². The molecule has 0 bridgehead atoms. The van der Waals surface area contributed by atoms with Gasteiger partial charge in [-0.05, 0) is 53.6 Å². The number of nitrogens with zero attached hydrogens (tertiary/aromatic N) is 4. The van der Waals surface area contributed by atoms with Crippen LogP contribution in [0.4, 0.5) is 8.78 Å². The van der Waals surface area contributed by atoms with Gasteiger partial charge in [0.15, 0.2) is 11.6 Å². The van der Waals surface area contributed by atoms with E-state index < -0.39 is 11.6 Å². The molecule has 0 amide bonds. The summed E-state index contributed by atoms with van der Waals surface area (Å²) in [5.74, 6) is -1.43. The van der Waals surface area contributed by atoms with E-state index in [1.165, 1.54) is 23.4 Å². The van der Waals surface area contributed by atoms with Gasteiger partial charge in [-0.2, -0.15) is 4.68 Å². The molecule has 0 N–H and O–H groups in total. The molecule has 1 heterocycles. The van der Waals surface area contributed by atoms with E-state index in [0.29, 0.717) is 5.16 Å². The van der Waals surface area contributed by atoms with Crippen LogP contribution in [0.2, 0.25) is 0 Å². The number of thioether (sulfide) groups is 1. The van der Waals surface area contributed by atoms with E-state index in [-0.39, 0.29) is 11.3 Å². The summed E-state index contributed by atoms with van der Waals surface area (Å²) in [6.45, 7) is 4.04. The second-order valence-electron chi connectivity index (χ2n) is 5.14. The zero-order valence-corrected chi connectivity index (χ0v) is 13.4. The minimum Gasteiger partial charge on any atom is -0.204 e. The zero-order chi connectivity index (χ0) is 16.4. The molecule has 23 heavy (non-hydrogen) atoms. The Morgan fingerprint density at radius 2 is 1.91 bits per heavy atom. The topological polar surface area (TPSA) is 43.6 Å². The Balaban J connectivity index is 1.84. The lowest BCUT2D eigenvalue weighted by atomic mass is 10.1. The molecule has 0 aliphatic carbocycles. The van der Waals surface area contributed by atoms with Crippen molar-refractivity contribution >= 4 is 11.8 Å². The van der Waals surface area contributed by atoms with Crippen molar-refractivity contribution in [3.63, 3.8) is 0 Å². The molecule has 0 spiro atoms. The predicted octanol–water partition coefficient (Wildman–Crippen LogP) is 3.85. The molecule has 0 radical (unpaired) electrons. The smallest absolute Gasteiger partial charge is 0.204 e. The van der Waals surface area contributed by atoms with Crippen molar-refractivity contribution in [3.05, 3.63) is 64.7 Å². The van der Waals surface area contributed by atoms with E-state index in [4.69, 9.17) is 0 Å². The summed E-state index contributed by atoms with van der Waals surface area (Å²) in [4.78, 5) is 0. The van der Waals surface area contributed by atoms with Gasteiger partial charge in [-0.3, -0.25) is 0 Å². The second-order valence-corrected chi connectivity index (χ2v) is 6.09. The van der Waals surface area contributed by atoms with Gasteiger partial charge in [0.2, 0.25) is 5.16 Å². The molecule has 2 aromatic carbocycles. The van der Waals surface area contributed by atoms with Crippen LogP contribution in [0.15, 0.2) is 41.6 Å². The van der Waals surface area contributed by atoms with E-state index in [1.54, 1.807) is 10.7 Å². The first-order valence-corrected chi connectivity index (χ1v) is 7.96. The van der Waals surface area contributed by atoms with E-state index in [9.17, 15) is 8.78 Å². The first-order chi connectivity index (χ1) is 11.1. The fourth-order valence-corrected chi connectivity index (χ4v) is 2.96. The lowest BCUT2D eigenvalue weighted by Crippen LogP contribution is -2.00. The van der Waals surface area contributed by atoms with Crippen LogP contribution in [0.3, 0.4) is 0 Å². The SMILES string of the molecule is Cc1ccc(-n2nnnc2SCc2cccc(F)c2F)cc1C. The van der Waals surface area contributed by atoms with Gasteiger partial charge in [0.05, 0.1) is 5.69 Å². The Hall–Kier alpha value is -2.28. The predicted molar refractivity (Wildman–Crippen MR) is 84.5 cm³/mol. The molecule has 3 aromatic rings. The lowest BCUT2D eigenvalue weighted by Gasteiger charge is -2.07. The van der Waals surface area contributed by atoms with Crippen LogP contribution in [0.5, 0.6) is 0 Å². The molecule has 0 aliphatic rings. The van der Waals surface area contributed by atoms with Crippen LogP contribution in [0.25, 0.3) is 5.69 Å². The normalized spacial score (nSPS) is 11.0. The van der Waals surface area contributed by atoms with Crippen molar-refractivity contribution in [2.45, 2.75) is 24.8 Å². The summed E-state index contributed by atoms with van der Waals surface area (Å²) in [7, 11) is 0. The summed E-state index contributed by atoms with van der Waals surface area (Å²) in [5.41, 5.74) is 3.42. The third kappa shape index (κ3) is 3.24. The number of hydrogen-bond donors (Lipinski definition) is 0. The Morgan fingerprint density at radius 3 is 2.70 bits per heavy atom. The van der Waals surface area contributed by atoms with Gasteiger partial charge in [-0.25, -0.2) is 8.78 Å². The molecule has 0 unspecified atom stereocenters. The molecule has 4 nitrogen and oxygen atoms in total. The maximum atomic E-state index is 13.7. The molecule has 3 rings (SSSR count). The number of aryl methyl sites for hydroxylation is 2. The van der Waals surface area contributed by atoms with Gasteiger partial charge in [0.1, 0.15) is 0 Å². The van der Waals surface area contributed by atoms with E-state index in [1.807, 2.05) is 32.0 Å². The number of aromatic nitrogens is 4. The van der Waals surface area contributed by atoms with Crippen LogP contribution in [0.1, 0.15) is 16.7 Å². The van der Waals surface area contributed by atoms with Gasteiger partial charge in [-0.1, -0.05) is 30.0 Å². The molecule has 118 valence electrons. The largest absolute Gasteiger partial charge is 0.214 e. The Labute approximate surface area is 136 Å². The molecule has 0 saturated carbocycles. The van der Waals surface area contributed by atoms with Gasteiger partial charge >= 0.3 is 0 Å². The maximum absolute atomic E-state index is 13.7. The van der Waals surface area contributed by atoms with Gasteiger partial charge in [0.25, 0.3) is 0 Å². The number of halogens is 2. The van der Waals surface area contributed by atoms with E-state index in [0.717, 1.165) is 17.3 Å². The zero-order valence-electron chi connectivity index (χ0n) is 12.6. The average Bonchev–Trinajstić information content (AvgIpc) is 3.00. The molecule has 0 fully saturated rings. The standard InChI is InChI=1S/C16H14F2N4S/c1-10-6-7-13(8-11(10)2)22-16(19-20-21-22)23-9-12-4-3-5-14(17)15(12)18/h3-8H,9H2,1-2H3. The summed E-state index contributed by atoms with van der Waals surface area (Å²) in [6, 6.07) is 10.0. The van der Waals surface area contributed by atoms with Crippen LogP contribution in [-0.4, -0.2) is 20.2 Å². The molecule has 7 heteroatoms. The third-order valence-electron chi connectivity index (χ3n) is 3.56. The Bertz CT molecular complexity index is 848. The summed E-state index contributed by atoms with van der Waals surface area (Å²) < 4.78 is 28.5. The number of benzene rings is 2. The molecule has 0 aliphatic heterocycles. The highest BCUT2D eigenvalue weighted by molar-refractivity contribution is 7.98. The minimum atomic E-state index is -0.850. The van der Waals surface area contributed by atoms with Gasteiger partial charge in [0, 0.05) is 11.3 Å². The quantitative estimate of drug-likeness (QED) is 0.681. The number of tetrazole rings is 1. The fourth-order valence-electron chi connectivity index (χ4n) is 2.09. The van der Waals surface area contributed by atoms with Crippen LogP contribution >= 0.6 is 11.8 Å². The molecular formula is C16H14F2N4S. The molecular weight excluding hydrogens is 318 g/mol. The highest BCUT2D eigenvalue weighted by Gasteiger charge is 2.13. The molecule has 1 aromatic heterocycles. The Morgan fingerprint density at radius 1 is 1.09 bits per heavy atom. The van der Waals surface area contributed by atoms with Crippen molar-refractivity contribution < 1.29 is 8.78 Å². The van der Waals surface area contributed by atoms with Crippen LogP contribution in [-0.2, 0) is 5.75 Å². The fraction of sp³-hybridized carbons (Fsp3) is 0.188.